The molecule has 1 aliphatic rings. The van der Waals surface area contributed by atoms with Gasteiger partial charge in [0, 0.05) is 55.4 Å². The van der Waals surface area contributed by atoms with Crippen LogP contribution < -0.4 is 10.2 Å². The highest BCUT2D eigenvalue weighted by atomic mass is 16.3. The first-order valence-corrected chi connectivity index (χ1v) is 15.8. The fourth-order valence-electron chi connectivity index (χ4n) is 6.03. The summed E-state index contributed by atoms with van der Waals surface area (Å²) in [5, 5.41) is 12.1. The van der Waals surface area contributed by atoms with Gasteiger partial charge < -0.3 is 19.2 Å². The highest BCUT2D eigenvalue weighted by Crippen LogP contribution is 2.30. The van der Waals surface area contributed by atoms with E-state index in [0.29, 0.717) is 42.5 Å². The topological polar surface area (TPSA) is 100.0 Å². The molecule has 8 nitrogen and oxygen atoms in total. The summed E-state index contributed by atoms with van der Waals surface area (Å²) >= 11 is 0. The number of nitrogens with one attached hydrogen (secondary N) is 1. The maximum Gasteiger partial charge on any atom is 0.287 e. The number of amides is 1. The van der Waals surface area contributed by atoms with Gasteiger partial charge in [0.25, 0.3) is 5.91 Å². The molecule has 3 heterocycles. The van der Waals surface area contributed by atoms with Crippen LogP contribution in [0, 0.1) is 17.2 Å². The Bertz CT molecular complexity index is 1710. The van der Waals surface area contributed by atoms with E-state index < -0.39 is 0 Å². The number of pyridine rings is 1. The second kappa shape index (κ2) is 14.5. The predicted molar refractivity (Wildman–Crippen MR) is 175 cm³/mol. The summed E-state index contributed by atoms with van der Waals surface area (Å²) in [5.41, 5.74) is 5.95. The van der Waals surface area contributed by atoms with Gasteiger partial charge in [-0.2, -0.15) is 5.26 Å². The first-order chi connectivity index (χ1) is 22.1. The van der Waals surface area contributed by atoms with E-state index in [1.807, 2.05) is 61.1 Å². The van der Waals surface area contributed by atoms with Crippen molar-refractivity contribution in [3.05, 3.63) is 126 Å². The lowest BCUT2D eigenvalue weighted by molar-refractivity contribution is 0.0927. The molecule has 45 heavy (non-hydrogen) atoms. The molecular formula is C37H38N6O2. The lowest BCUT2D eigenvalue weighted by Gasteiger charge is -2.31. The molecule has 3 aromatic heterocycles. The fourth-order valence-corrected chi connectivity index (χ4v) is 6.03. The van der Waals surface area contributed by atoms with Gasteiger partial charge in [0.1, 0.15) is 5.76 Å². The van der Waals surface area contributed by atoms with Crippen molar-refractivity contribution in [1.82, 2.24) is 19.9 Å². The summed E-state index contributed by atoms with van der Waals surface area (Å²) in [7, 11) is 0. The molecule has 5 aromatic rings. The summed E-state index contributed by atoms with van der Waals surface area (Å²) in [5.74, 6) is 1.39. The molecule has 228 valence electrons. The lowest BCUT2D eigenvalue weighted by Crippen LogP contribution is -2.31. The Kier molecular flexibility index (Phi) is 9.66. The number of nitrogens with zero attached hydrogens (tertiary/aromatic N) is 5. The van der Waals surface area contributed by atoms with Gasteiger partial charge in [-0.3, -0.25) is 9.78 Å². The number of aromatic nitrogens is 3. The van der Waals surface area contributed by atoms with E-state index in [4.69, 9.17) is 9.68 Å². The molecule has 0 spiro atoms. The highest BCUT2D eigenvalue weighted by Gasteiger charge is 2.20. The Morgan fingerprint density at radius 3 is 2.58 bits per heavy atom. The van der Waals surface area contributed by atoms with Crippen molar-refractivity contribution < 1.29 is 9.21 Å². The van der Waals surface area contributed by atoms with Crippen LogP contribution in [0.1, 0.15) is 65.2 Å². The van der Waals surface area contributed by atoms with E-state index in [9.17, 15) is 4.79 Å². The quantitative estimate of drug-likeness (QED) is 0.166. The summed E-state index contributed by atoms with van der Waals surface area (Å²) in [6, 6.07) is 27.7. The minimum absolute atomic E-state index is 0.231. The van der Waals surface area contributed by atoms with Gasteiger partial charge in [-0.05, 0) is 85.0 Å². The molecule has 2 aromatic carbocycles. The molecule has 1 amide bonds. The molecule has 0 bridgehead atoms. The summed E-state index contributed by atoms with van der Waals surface area (Å²) < 4.78 is 8.15. The van der Waals surface area contributed by atoms with E-state index in [2.05, 4.69) is 55.1 Å². The summed E-state index contributed by atoms with van der Waals surface area (Å²) in [6.45, 7) is 2.93. The van der Waals surface area contributed by atoms with Crippen LogP contribution in [0.2, 0.25) is 0 Å². The molecular weight excluding hydrogens is 560 g/mol. The number of nitriles is 1. The second-order valence-electron chi connectivity index (χ2n) is 11.7. The molecule has 0 aliphatic heterocycles. The molecule has 1 aliphatic carbocycles. The van der Waals surface area contributed by atoms with Crippen LogP contribution in [0.25, 0.3) is 11.3 Å². The third-order valence-corrected chi connectivity index (χ3v) is 8.53. The third kappa shape index (κ3) is 7.87. The van der Waals surface area contributed by atoms with Crippen molar-refractivity contribution in [2.45, 2.75) is 51.6 Å². The van der Waals surface area contributed by atoms with Crippen LogP contribution in [-0.4, -0.2) is 33.5 Å². The largest absolute Gasteiger partial charge is 0.451 e. The number of rotatable bonds is 12. The van der Waals surface area contributed by atoms with Crippen LogP contribution in [-0.2, 0) is 19.5 Å². The Morgan fingerprint density at radius 1 is 1.00 bits per heavy atom. The summed E-state index contributed by atoms with van der Waals surface area (Å²) in [6.07, 6.45) is 12.7. The molecule has 0 radical (unpaired) electrons. The normalized spacial score (nSPS) is 13.3. The van der Waals surface area contributed by atoms with Gasteiger partial charge in [-0.25, -0.2) is 4.98 Å². The number of hydrogen-bond donors (Lipinski definition) is 1. The molecule has 1 N–H and O–H groups in total. The first kappa shape index (κ1) is 29.9. The molecule has 1 fully saturated rings. The maximum atomic E-state index is 12.7. The third-order valence-electron chi connectivity index (χ3n) is 8.53. The van der Waals surface area contributed by atoms with Crippen LogP contribution in [0.5, 0.6) is 0 Å². The van der Waals surface area contributed by atoms with E-state index in [0.717, 1.165) is 41.3 Å². The van der Waals surface area contributed by atoms with Crippen LogP contribution in [0.3, 0.4) is 0 Å². The van der Waals surface area contributed by atoms with Gasteiger partial charge in [-0.15, -0.1) is 0 Å². The molecule has 0 atom stereocenters. The number of hydrogen-bond acceptors (Lipinski definition) is 6. The lowest BCUT2D eigenvalue weighted by atomic mass is 9.89. The van der Waals surface area contributed by atoms with Gasteiger partial charge in [-0.1, -0.05) is 37.5 Å². The Hall–Kier alpha value is -5.16. The van der Waals surface area contributed by atoms with E-state index in [-0.39, 0.29) is 5.91 Å². The molecule has 8 heteroatoms. The minimum atomic E-state index is -0.231. The van der Waals surface area contributed by atoms with E-state index >= 15 is 0 Å². The molecule has 6 rings (SSSR count). The number of benzene rings is 2. The monoisotopic (exact) mass is 598 g/mol. The van der Waals surface area contributed by atoms with Crippen molar-refractivity contribution in [1.29, 1.82) is 5.26 Å². The van der Waals surface area contributed by atoms with Crippen LogP contribution in [0.15, 0.2) is 102 Å². The Balaban J connectivity index is 1.14. The molecule has 0 unspecified atom stereocenters. The number of carbonyl (C=O) groups is 1. The fraction of sp³-hybridized carbons (Fsp3) is 0.297. The van der Waals surface area contributed by atoms with Crippen LogP contribution in [0.4, 0.5) is 5.69 Å². The average molecular weight is 599 g/mol. The summed E-state index contributed by atoms with van der Waals surface area (Å²) in [4.78, 5) is 23.9. The zero-order valence-electron chi connectivity index (χ0n) is 25.4. The Morgan fingerprint density at radius 2 is 1.82 bits per heavy atom. The molecule has 0 saturated heterocycles. The van der Waals surface area contributed by atoms with Gasteiger partial charge >= 0.3 is 0 Å². The van der Waals surface area contributed by atoms with Crippen molar-refractivity contribution in [3.8, 4) is 17.4 Å². The number of carbonyl (C=O) groups excluding carboxylic acids is 1. The Labute approximate surface area is 264 Å². The van der Waals surface area contributed by atoms with Gasteiger partial charge in [0.15, 0.2) is 5.76 Å². The SMILES string of the molecule is N#Cc1ccc(Cn2cncc2CN(CC2CCCCC2)c2ccc(-c3ccc(C(=O)NCCc4ccccn4)o3)cc2)cc1. The highest BCUT2D eigenvalue weighted by molar-refractivity contribution is 5.92. The number of imidazole rings is 1. The zero-order valence-corrected chi connectivity index (χ0v) is 25.4. The standard InChI is InChI=1S/C37H38N6O2/c38-22-28-9-11-30(12-10-28)25-43-27-39-23-34(43)26-42(24-29-6-2-1-3-7-29)33-15-13-31(14-16-33)35-17-18-36(45-35)37(44)41-21-19-32-8-4-5-20-40-32/h4-5,8-18,20,23,27,29H,1-3,6-7,19,21,24-26H2,(H,41,44). The van der Waals surface area contributed by atoms with Crippen molar-refractivity contribution in [2.75, 3.05) is 18.0 Å². The first-order valence-electron chi connectivity index (χ1n) is 15.8. The van der Waals surface area contributed by atoms with Crippen molar-refractivity contribution in [2.24, 2.45) is 5.92 Å². The van der Waals surface area contributed by atoms with Crippen molar-refractivity contribution in [3.63, 3.8) is 0 Å². The zero-order chi connectivity index (χ0) is 30.8. The number of anilines is 1. The number of furan rings is 1. The van der Waals surface area contributed by atoms with Crippen LogP contribution >= 0.6 is 0 Å². The maximum absolute atomic E-state index is 12.7. The smallest absolute Gasteiger partial charge is 0.287 e. The van der Waals surface area contributed by atoms with Crippen molar-refractivity contribution >= 4 is 11.6 Å². The minimum Gasteiger partial charge on any atom is -0.451 e. The predicted octanol–water partition coefficient (Wildman–Crippen LogP) is 7.02. The average Bonchev–Trinajstić information content (AvgIpc) is 3.76. The van der Waals surface area contributed by atoms with E-state index in [1.54, 1.807) is 12.3 Å². The van der Waals surface area contributed by atoms with E-state index in [1.165, 1.54) is 32.1 Å². The van der Waals surface area contributed by atoms with Gasteiger partial charge in [0.2, 0.25) is 0 Å². The molecule has 1 saturated carbocycles. The van der Waals surface area contributed by atoms with Gasteiger partial charge in [0.05, 0.1) is 30.2 Å². The second-order valence-corrected chi connectivity index (χ2v) is 11.7.